The first-order valence-corrected chi connectivity index (χ1v) is 10.5. The summed E-state index contributed by atoms with van der Waals surface area (Å²) in [6, 6.07) is 7.42. The van der Waals surface area contributed by atoms with Crippen LogP contribution in [0.15, 0.2) is 24.3 Å². The minimum absolute atomic E-state index is 0.0420. The van der Waals surface area contributed by atoms with Crippen LogP contribution >= 0.6 is 0 Å². The first-order valence-electron chi connectivity index (χ1n) is 10.5. The Morgan fingerprint density at radius 2 is 1.87 bits per heavy atom. The zero-order chi connectivity index (χ0) is 22.1. The normalized spacial score (nSPS) is 13.6. The molecule has 8 nitrogen and oxygen atoms in total. The van der Waals surface area contributed by atoms with Crippen molar-refractivity contribution >= 4 is 28.5 Å². The first kappa shape index (κ1) is 20.8. The van der Waals surface area contributed by atoms with E-state index in [4.69, 9.17) is 4.74 Å². The maximum Gasteiger partial charge on any atom is 0.262 e. The molecule has 8 heteroatoms. The molecule has 162 valence electrons. The molecule has 1 aliphatic rings. The Bertz CT molecular complexity index is 1160. The number of carbonyl (C=O) groups excluding carboxylic acids is 2. The standard InChI is InChI=1S/C23H27N5O3/c1-14-8-7-9-17(19(14)23(30)28-10-5-6-11-28)25-18(29)13-31-22-20-15(2)12-16(3)24-21(20)27(4)26-22/h7-9,12H,5-6,10-11,13H2,1-4H3,(H,25,29). The van der Waals surface area contributed by atoms with Crippen molar-refractivity contribution < 1.29 is 14.3 Å². The summed E-state index contributed by atoms with van der Waals surface area (Å²) < 4.78 is 7.39. The monoisotopic (exact) mass is 421 g/mol. The van der Waals surface area contributed by atoms with Crippen LogP contribution in [-0.4, -0.2) is 51.2 Å². The molecule has 1 N–H and O–H groups in total. The van der Waals surface area contributed by atoms with E-state index in [1.165, 1.54) is 0 Å². The molecule has 4 rings (SSSR count). The van der Waals surface area contributed by atoms with Gasteiger partial charge in [-0.3, -0.25) is 9.59 Å². The lowest BCUT2D eigenvalue weighted by Gasteiger charge is -2.19. The molecule has 0 unspecified atom stereocenters. The van der Waals surface area contributed by atoms with Gasteiger partial charge in [0.05, 0.1) is 16.6 Å². The van der Waals surface area contributed by atoms with E-state index in [0.717, 1.165) is 48.1 Å². The van der Waals surface area contributed by atoms with Crippen molar-refractivity contribution in [3.8, 4) is 5.88 Å². The summed E-state index contributed by atoms with van der Waals surface area (Å²) in [6.45, 7) is 7.06. The minimum Gasteiger partial charge on any atom is -0.466 e. The summed E-state index contributed by atoms with van der Waals surface area (Å²) in [5, 5.41) is 8.01. The van der Waals surface area contributed by atoms with Gasteiger partial charge in [0.2, 0.25) is 5.88 Å². The van der Waals surface area contributed by atoms with Crippen LogP contribution in [0.3, 0.4) is 0 Å². The maximum atomic E-state index is 13.0. The third-order valence-corrected chi connectivity index (χ3v) is 5.58. The zero-order valence-corrected chi connectivity index (χ0v) is 18.4. The van der Waals surface area contributed by atoms with E-state index in [1.54, 1.807) is 17.8 Å². The molecule has 3 aromatic rings. The molecule has 2 aromatic heterocycles. The van der Waals surface area contributed by atoms with Crippen molar-refractivity contribution in [1.82, 2.24) is 19.7 Å². The van der Waals surface area contributed by atoms with Gasteiger partial charge < -0.3 is 15.0 Å². The molecular weight excluding hydrogens is 394 g/mol. The van der Waals surface area contributed by atoms with Gasteiger partial charge in [-0.25, -0.2) is 9.67 Å². The summed E-state index contributed by atoms with van der Waals surface area (Å²) in [4.78, 5) is 32.0. The SMILES string of the molecule is Cc1cc(C)c2c(OCC(=O)Nc3cccc(C)c3C(=O)N3CCCC3)nn(C)c2n1. The number of likely N-dealkylation sites (tertiary alicyclic amines) is 1. The number of rotatable bonds is 5. The Hall–Kier alpha value is -3.42. The van der Waals surface area contributed by atoms with Crippen molar-refractivity contribution in [3.05, 3.63) is 46.6 Å². The fraction of sp³-hybridized carbons (Fsp3) is 0.391. The molecule has 1 aliphatic heterocycles. The number of fused-ring (bicyclic) bond motifs is 1. The fourth-order valence-electron chi connectivity index (χ4n) is 4.10. The average molecular weight is 422 g/mol. The van der Waals surface area contributed by atoms with Gasteiger partial charge in [-0.15, -0.1) is 5.10 Å². The van der Waals surface area contributed by atoms with Crippen LogP contribution in [0, 0.1) is 20.8 Å². The third-order valence-electron chi connectivity index (χ3n) is 5.58. The topological polar surface area (TPSA) is 89.4 Å². The van der Waals surface area contributed by atoms with Crippen LogP contribution < -0.4 is 10.1 Å². The Balaban J connectivity index is 1.51. The van der Waals surface area contributed by atoms with Gasteiger partial charge in [-0.1, -0.05) is 12.1 Å². The number of pyridine rings is 1. The molecule has 0 bridgehead atoms. The summed E-state index contributed by atoms with van der Waals surface area (Å²) in [5.41, 5.74) is 4.48. The Kier molecular flexibility index (Phi) is 5.63. The molecule has 0 aliphatic carbocycles. The second-order valence-electron chi connectivity index (χ2n) is 8.04. The second kappa shape index (κ2) is 8.37. The van der Waals surface area contributed by atoms with Crippen LogP contribution in [-0.2, 0) is 11.8 Å². The Morgan fingerprint density at radius 1 is 1.13 bits per heavy atom. The molecule has 1 aromatic carbocycles. The highest BCUT2D eigenvalue weighted by Gasteiger charge is 2.24. The minimum atomic E-state index is -0.349. The van der Waals surface area contributed by atoms with E-state index in [1.807, 2.05) is 43.9 Å². The lowest BCUT2D eigenvalue weighted by atomic mass is 10.0. The number of amides is 2. The largest absolute Gasteiger partial charge is 0.466 e. The predicted octanol–water partition coefficient (Wildman–Crippen LogP) is 3.15. The van der Waals surface area contributed by atoms with Gasteiger partial charge in [0.25, 0.3) is 11.8 Å². The van der Waals surface area contributed by atoms with E-state index in [2.05, 4.69) is 15.4 Å². The van der Waals surface area contributed by atoms with Crippen molar-refractivity contribution in [1.29, 1.82) is 0 Å². The average Bonchev–Trinajstić information content (AvgIpc) is 3.35. The van der Waals surface area contributed by atoms with Crippen molar-refractivity contribution in [2.45, 2.75) is 33.6 Å². The van der Waals surface area contributed by atoms with Crippen LogP contribution in [0.5, 0.6) is 5.88 Å². The number of ether oxygens (including phenoxy) is 1. The van der Waals surface area contributed by atoms with Gasteiger partial charge in [-0.05, 0) is 56.9 Å². The number of aromatic nitrogens is 3. The molecule has 31 heavy (non-hydrogen) atoms. The molecule has 0 spiro atoms. The van der Waals surface area contributed by atoms with Gasteiger partial charge in [0.1, 0.15) is 0 Å². The van der Waals surface area contributed by atoms with Gasteiger partial charge in [0.15, 0.2) is 12.3 Å². The van der Waals surface area contributed by atoms with Crippen LogP contribution in [0.4, 0.5) is 5.69 Å². The highest BCUT2D eigenvalue weighted by molar-refractivity contribution is 6.05. The van der Waals surface area contributed by atoms with Crippen molar-refractivity contribution in [2.75, 3.05) is 25.0 Å². The lowest BCUT2D eigenvalue weighted by Crippen LogP contribution is -2.30. The zero-order valence-electron chi connectivity index (χ0n) is 18.4. The summed E-state index contributed by atoms with van der Waals surface area (Å²) in [5.74, 6) is -0.0209. The molecule has 1 fully saturated rings. The molecule has 0 radical (unpaired) electrons. The summed E-state index contributed by atoms with van der Waals surface area (Å²) >= 11 is 0. The van der Waals surface area contributed by atoms with Gasteiger partial charge >= 0.3 is 0 Å². The number of nitrogens with one attached hydrogen (secondary N) is 1. The Labute approximate surface area is 181 Å². The van der Waals surface area contributed by atoms with Crippen LogP contribution in [0.25, 0.3) is 11.0 Å². The maximum absolute atomic E-state index is 13.0. The summed E-state index contributed by atoms with van der Waals surface area (Å²) in [7, 11) is 1.80. The Morgan fingerprint density at radius 3 is 2.61 bits per heavy atom. The molecule has 0 atom stereocenters. The third kappa shape index (κ3) is 4.10. The fourth-order valence-corrected chi connectivity index (χ4v) is 4.10. The second-order valence-corrected chi connectivity index (χ2v) is 8.04. The number of hydrogen-bond donors (Lipinski definition) is 1. The van der Waals surface area contributed by atoms with Crippen molar-refractivity contribution in [3.63, 3.8) is 0 Å². The summed E-state index contributed by atoms with van der Waals surface area (Å²) in [6.07, 6.45) is 2.03. The molecular formula is C23H27N5O3. The number of hydrogen-bond acceptors (Lipinski definition) is 5. The number of benzene rings is 1. The van der Waals surface area contributed by atoms with Gasteiger partial charge in [-0.2, -0.15) is 0 Å². The van der Waals surface area contributed by atoms with E-state index in [9.17, 15) is 9.59 Å². The first-order chi connectivity index (χ1) is 14.8. The van der Waals surface area contributed by atoms with Crippen LogP contribution in [0.2, 0.25) is 0 Å². The predicted molar refractivity (Wildman–Crippen MR) is 118 cm³/mol. The highest BCUT2D eigenvalue weighted by atomic mass is 16.5. The number of aryl methyl sites for hydroxylation is 4. The smallest absolute Gasteiger partial charge is 0.262 e. The van der Waals surface area contributed by atoms with E-state index >= 15 is 0 Å². The molecule has 1 saturated heterocycles. The molecule has 3 heterocycles. The van der Waals surface area contributed by atoms with E-state index in [0.29, 0.717) is 22.8 Å². The molecule has 2 amide bonds. The van der Waals surface area contributed by atoms with Gasteiger partial charge in [0, 0.05) is 25.8 Å². The number of nitrogens with zero attached hydrogens (tertiary/aromatic N) is 4. The van der Waals surface area contributed by atoms with E-state index < -0.39 is 0 Å². The highest BCUT2D eigenvalue weighted by Crippen LogP contribution is 2.27. The molecule has 0 saturated carbocycles. The van der Waals surface area contributed by atoms with E-state index in [-0.39, 0.29) is 18.4 Å². The lowest BCUT2D eigenvalue weighted by molar-refractivity contribution is -0.118. The van der Waals surface area contributed by atoms with Crippen molar-refractivity contribution in [2.24, 2.45) is 7.05 Å². The number of anilines is 1. The quantitative estimate of drug-likeness (QED) is 0.684. The van der Waals surface area contributed by atoms with Crippen LogP contribution in [0.1, 0.15) is 40.0 Å². The number of carbonyl (C=O) groups is 2.